The van der Waals surface area contributed by atoms with E-state index in [-0.39, 0.29) is 0 Å². The zero-order valence-corrected chi connectivity index (χ0v) is 18.2. The fourth-order valence-electron chi connectivity index (χ4n) is 4.43. The van der Waals surface area contributed by atoms with Crippen molar-refractivity contribution in [2.24, 2.45) is 5.92 Å². The monoisotopic (exact) mass is 415 g/mol. The maximum Gasteiger partial charge on any atom is 0.303 e. The molecule has 0 saturated heterocycles. The van der Waals surface area contributed by atoms with Crippen LogP contribution in [0.5, 0.6) is 0 Å². The number of aryl methyl sites for hydroxylation is 1. The summed E-state index contributed by atoms with van der Waals surface area (Å²) in [6.07, 6.45) is 4.44. The van der Waals surface area contributed by atoms with Gasteiger partial charge in [-0.2, -0.15) is 0 Å². The van der Waals surface area contributed by atoms with Crippen molar-refractivity contribution >= 4 is 17.5 Å². The molecule has 1 fully saturated rings. The second-order valence-electron chi connectivity index (χ2n) is 8.61. The van der Waals surface area contributed by atoms with Gasteiger partial charge in [0.25, 0.3) is 0 Å². The Balaban J connectivity index is 1.40. The molecular formula is C26H29N3O2. The highest BCUT2D eigenvalue weighted by Crippen LogP contribution is 2.37. The first-order valence-corrected chi connectivity index (χ1v) is 11.0. The minimum absolute atomic E-state index is 0.305. The smallest absolute Gasteiger partial charge is 0.303 e. The van der Waals surface area contributed by atoms with Crippen molar-refractivity contribution in [1.29, 1.82) is 0 Å². The lowest BCUT2D eigenvalue weighted by Gasteiger charge is -2.28. The first-order chi connectivity index (χ1) is 15.0. The van der Waals surface area contributed by atoms with E-state index in [1.807, 2.05) is 24.1 Å². The summed E-state index contributed by atoms with van der Waals surface area (Å²) in [6, 6.07) is 21.0. The molecule has 0 unspecified atom stereocenters. The molecule has 2 aromatic carbocycles. The molecule has 3 aromatic rings. The van der Waals surface area contributed by atoms with Crippen LogP contribution in [0, 0.1) is 12.8 Å². The second kappa shape index (κ2) is 9.29. The summed E-state index contributed by atoms with van der Waals surface area (Å²) in [5.74, 6) is 0.989. The van der Waals surface area contributed by atoms with Crippen LogP contribution < -0.4 is 4.90 Å². The van der Waals surface area contributed by atoms with Gasteiger partial charge >= 0.3 is 5.97 Å². The van der Waals surface area contributed by atoms with Gasteiger partial charge in [-0.1, -0.05) is 42.0 Å². The molecule has 4 rings (SSSR count). The fourth-order valence-corrected chi connectivity index (χ4v) is 4.43. The van der Waals surface area contributed by atoms with Gasteiger partial charge in [-0.3, -0.25) is 4.79 Å². The molecule has 5 heteroatoms. The van der Waals surface area contributed by atoms with Crippen LogP contribution >= 0.6 is 0 Å². The molecule has 0 aliphatic heterocycles. The average molecular weight is 416 g/mol. The summed E-state index contributed by atoms with van der Waals surface area (Å²) in [7, 11) is 1.99. The minimum atomic E-state index is -0.676. The molecule has 1 saturated carbocycles. The molecule has 1 N–H and O–H groups in total. The second-order valence-corrected chi connectivity index (χ2v) is 8.61. The van der Waals surface area contributed by atoms with Crippen LogP contribution in [0.1, 0.15) is 49.1 Å². The molecule has 1 aliphatic rings. The number of carbonyl (C=O) groups is 1. The van der Waals surface area contributed by atoms with Crippen molar-refractivity contribution in [3.05, 3.63) is 71.8 Å². The van der Waals surface area contributed by atoms with Crippen LogP contribution in [0.4, 0.5) is 11.5 Å². The Kier molecular flexibility index (Phi) is 6.31. The zero-order valence-electron chi connectivity index (χ0n) is 18.2. The third-order valence-corrected chi connectivity index (χ3v) is 6.40. The van der Waals surface area contributed by atoms with Crippen molar-refractivity contribution in [2.75, 3.05) is 11.9 Å². The summed E-state index contributed by atoms with van der Waals surface area (Å²) in [5.41, 5.74) is 5.56. The molecule has 0 bridgehead atoms. The van der Waals surface area contributed by atoms with E-state index in [1.54, 1.807) is 0 Å². The Labute approximate surface area is 183 Å². The van der Waals surface area contributed by atoms with E-state index in [0.717, 1.165) is 48.4 Å². The van der Waals surface area contributed by atoms with Gasteiger partial charge in [0.05, 0.1) is 5.69 Å². The quantitative estimate of drug-likeness (QED) is 0.537. The predicted octanol–water partition coefficient (Wildman–Crippen LogP) is 5.97. The molecule has 1 heterocycles. The Morgan fingerprint density at radius 1 is 0.935 bits per heavy atom. The standard InChI is InChI=1S/C26H29N3O2/c1-18-3-13-23(14-4-18)29(2)25-16-15-24(27-28-25)22-11-9-21(10-12-22)20-7-5-19(6-8-20)17-26(30)31/h3-4,9-16,19-20H,5-8,17H2,1-2H3,(H,30,31). The number of hydrogen-bond acceptors (Lipinski definition) is 4. The Morgan fingerprint density at radius 3 is 2.19 bits per heavy atom. The third-order valence-electron chi connectivity index (χ3n) is 6.40. The lowest BCUT2D eigenvalue weighted by Crippen LogP contribution is -2.16. The summed E-state index contributed by atoms with van der Waals surface area (Å²) in [4.78, 5) is 12.9. The van der Waals surface area contributed by atoms with Gasteiger partial charge < -0.3 is 10.0 Å². The maximum atomic E-state index is 10.9. The first-order valence-electron chi connectivity index (χ1n) is 11.0. The summed E-state index contributed by atoms with van der Waals surface area (Å²) in [5, 5.41) is 17.9. The van der Waals surface area contributed by atoms with Crippen LogP contribution in [0.25, 0.3) is 11.3 Å². The van der Waals surface area contributed by atoms with E-state index < -0.39 is 5.97 Å². The normalized spacial score (nSPS) is 18.5. The number of nitrogens with zero attached hydrogens (tertiary/aromatic N) is 3. The van der Waals surface area contributed by atoms with Crippen LogP contribution in [-0.4, -0.2) is 28.3 Å². The van der Waals surface area contributed by atoms with Gasteiger partial charge in [0.2, 0.25) is 0 Å². The molecule has 1 aliphatic carbocycles. The number of rotatable bonds is 6. The number of carboxylic acids is 1. The highest BCUT2D eigenvalue weighted by Gasteiger charge is 2.24. The SMILES string of the molecule is Cc1ccc(N(C)c2ccc(-c3ccc(C4CCC(CC(=O)O)CC4)cc3)nn2)cc1. The molecule has 5 nitrogen and oxygen atoms in total. The fraction of sp³-hybridized carbons (Fsp3) is 0.346. The van der Waals surface area contributed by atoms with E-state index >= 15 is 0 Å². The minimum Gasteiger partial charge on any atom is -0.481 e. The predicted molar refractivity (Wildman–Crippen MR) is 124 cm³/mol. The Bertz CT molecular complexity index is 1010. The molecule has 31 heavy (non-hydrogen) atoms. The van der Waals surface area contributed by atoms with Crippen LogP contribution in [0.15, 0.2) is 60.7 Å². The van der Waals surface area contributed by atoms with Crippen LogP contribution in [0.3, 0.4) is 0 Å². The van der Waals surface area contributed by atoms with Crippen molar-refractivity contribution in [1.82, 2.24) is 10.2 Å². The topological polar surface area (TPSA) is 66.3 Å². The third kappa shape index (κ3) is 5.10. The molecular weight excluding hydrogens is 386 g/mol. The number of hydrogen-bond donors (Lipinski definition) is 1. The molecule has 0 amide bonds. The highest BCUT2D eigenvalue weighted by atomic mass is 16.4. The van der Waals surface area contributed by atoms with E-state index in [2.05, 4.69) is 65.7 Å². The van der Waals surface area contributed by atoms with Crippen LogP contribution in [-0.2, 0) is 4.79 Å². The Morgan fingerprint density at radius 2 is 1.61 bits per heavy atom. The number of carboxylic acid groups (broad SMARTS) is 1. The van der Waals surface area contributed by atoms with Crippen molar-refractivity contribution in [3.63, 3.8) is 0 Å². The largest absolute Gasteiger partial charge is 0.481 e. The number of aromatic nitrogens is 2. The van der Waals surface area contributed by atoms with Gasteiger partial charge in [0, 0.05) is 24.7 Å². The average Bonchev–Trinajstić information content (AvgIpc) is 2.79. The van der Waals surface area contributed by atoms with Gasteiger partial charge in [-0.05, 0) is 74.3 Å². The summed E-state index contributed by atoms with van der Waals surface area (Å²) < 4.78 is 0. The lowest BCUT2D eigenvalue weighted by molar-refractivity contribution is -0.138. The Hall–Kier alpha value is -3.21. The highest BCUT2D eigenvalue weighted by molar-refractivity contribution is 5.67. The van der Waals surface area contributed by atoms with Crippen molar-refractivity contribution < 1.29 is 9.90 Å². The van der Waals surface area contributed by atoms with E-state index in [9.17, 15) is 4.79 Å². The number of anilines is 2. The molecule has 0 atom stereocenters. The molecule has 0 radical (unpaired) electrons. The first kappa shape index (κ1) is 21.0. The number of benzene rings is 2. The lowest BCUT2D eigenvalue weighted by atomic mass is 9.77. The van der Waals surface area contributed by atoms with Gasteiger partial charge in [0.1, 0.15) is 0 Å². The van der Waals surface area contributed by atoms with E-state index in [1.165, 1.54) is 11.1 Å². The summed E-state index contributed by atoms with van der Waals surface area (Å²) in [6.45, 7) is 2.08. The summed E-state index contributed by atoms with van der Waals surface area (Å²) >= 11 is 0. The van der Waals surface area contributed by atoms with Gasteiger partial charge in [-0.25, -0.2) is 0 Å². The van der Waals surface area contributed by atoms with Gasteiger partial charge in [-0.15, -0.1) is 10.2 Å². The van der Waals surface area contributed by atoms with Crippen molar-refractivity contribution in [2.45, 2.75) is 44.9 Å². The zero-order chi connectivity index (χ0) is 21.8. The number of aliphatic carboxylic acids is 1. The van der Waals surface area contributed by atoms with Crippen LogP contribution in [0.2, 0.25) is 0 Å². The van der Waals surface area contributed by atoms with E-state index in [0.29, 0.717) is 18.3 Å². The molecule has 1 aromatic heterocycles. The van der Waals surface area contributed by atoms with Gasteiger partial charge in [0.15, 0.2) is 5.82 Å². The molecule has 0 spiro atoms. The molecule has 160 valence electrons. The van der Waals surface area contributed by atoms with Crippen molar-refractivity contribution in [3.8, 4) is 11.3 Å². The van der Waals surface area contributed by atoms with E-state index in [4.69, 9.17) is 5.11 Å². The maximum absolute atomic E-state index is 10.9.